The highest BCUT2D eigenvalue weighted by Gasteiger charge is 2.26. The van der Waals surface area contributed by atoms with Crippen LogP contribution >= 0.6 is 11.6 Å². The number of piperazine rings is 1. The van der Waals surface area contributed by atoms with Gasteiger partial charge in [0, 0.05) is 31.7 Å². The molecular formula is C25H20ClFN4O. The fourth-order valence-electron chi connectivity index (χ4n) is 4.00. The third-order valence-electron chi connectivity index (χ3n) is 5.76. The number of rotatable bonds is 3. The van der Waals surface area contributed by atoms with E-state index in [4.69, 9.17) is 11.6 Å². The largest absolute Gasteiger partial charge is 0.352 e. The second-order valence-electron chi connectivity index (χ2n) is 7.71. The lowest BCUT2D eigenvalue weighted by Crippen LogP contribution is -2.49. The van der Waals surface area contributed by atoms with Crippen LogP contribution in [-0.4, -0.2) is 47.2 Å². The first-order chi connectivity index (χ1) is 15.6. The van der Waals surface area contributed by atoms with Crippen LogP contribution in [0.4, 0.5) is 10.2 Å². The second-order valence-corrected chi connectivity index (χ2v) is 8.12. The summed E-state index contributed by atoms with van der Waals surface area (Å²) in [6, 6.07) is 22.6. The summed E-state index contributed by atoms with van der Waals surface area (Å²) in [6.07, 6.45) is 0. The van der Waals surface area contributed by atoms with Gasteiger partial charge in [-0.25, -0.2) is 4.39 Å². The van der Waals surface area contributed by atoms with Crippen LogP contribution in [0.3, 0.4) is 0 Å². The van der Waals surface area contributed by atoms with Crippen molar-refractivity contribution >= 4 is 34.1 Å². The van der Waals surface area contributed by atoms with Crippen molar-refractivity contribution in [3.05, 3.63) is 89.2 Å². The van der Waals surface area contributed by atoms with Gasteiger partial charge in [0.2, 0.25) is 0 Å². The maximum atomic E-state index is 14.1. The Labute approximate surface area is 190 Å². The van der Waals surface area contributed by atoms with Gasteiger partial charge in [-0.2, -0.15) is 0 Å². The summed E-state index contributed by atoms with van der Waals surface area (Å²) in [4.78, 5) is 16.4. The summed E-state index contributed by atoms with van der Waals surface area (Å²) in [5.74, 6) is -0.226. The Kier molecular flexibility index (Phi) is 5.45. The molecule has 2 heterocycles. The number of nitrogens with zero attached hydrogens (tertiary/aromatic N) is 4. The van der Waals surface area contributed by atoms with E-state index in [1.54, 1.807) is 4.90 Å². The topological polar surface area (TPSA) is 49.3 Å². The van der Waals surface area contributed by atoms with Crippen LogP contribution < -0.4 is 4.90 Å². The highest BCUT2D eigenvalue weighted by molar-refractivity contribution is 6.33. The van der Waals surface area contributed by atoms with E-state index in [0.29, 0.717) is 26.2 Å². The lowest BCUT2D eigenvalue weighted by atomic mass is 10.1. The average molecular weight is 447 g/mol. The molecule has 0 bridgehead atoms. The fourth-order valence-corrected chi connectivity index (χ4v) is 4.24. The standard InChI is InChI=1S/C25H20ClFN4O/c26-20-6-3-7-21(27)24(20)25(32)31-14-12-30(13-15-31)23-11-10-22(28-29-23)19-9-8-17-4-1-2-5-18(17)16-19/h1-11,16H,12-15H2. The number of benzene rings is 3. The molecular weight excluding hydrogens is 427 g/mol. The van der Waals surface area contributed by atoms with Crippen molar-refractivity contribution in [2.45, 2.75) is 0 Å². The van der Waals surface area contributed by atoms with E-state index in [1.165, 1.54) is 23.6 Å². The number of anilines is 1. The Morgan fingerprint density at radius 3 is 2.34 bits per heavy atom. The van der Waals surface area contributed by atoms with E-state index >= 15 is 0 Å². The van der Waals surface area contributed by atoms with Crippen LogP contribution in [0.1, 0.15) is 10.4 Å². The van der Waals surface area contributed by atoms with Crippen molar-refractivity contribution in [1.82, 2.24) is 15.1 Å². The highest BCUT2D eigenvalue weighted by atomic mass is 35.5. The number of amides is 1. The van der Waals surface area contributed by atoms with Gasteiger partial charge in [0.15, 0.2) is 5.82 Å². The van der Waals surface area contributed by atoms with Gasteiger partial charge in [-0.3, -0.25) is 4.79 Å². The van der Waals surface area contributed by atoms with E-state index < -0.39 is 5.82 Å². The zero-order valence-electron chi connectivity index (χ0n) is 17.2. The average Bonchev–Trinajstić information content (AvgIpc) is 2.84. The minimum Gasteiger partial charge on any atom is -0.352 e. The van der Waals surface area contributed by atoms with E-state index in [9.17, 15) is 9.18 Å². The van der Waals surface area contributed by atoms with Gasteiger partial charge in [-0.15, -0.1) is 10.2 Å². The Bertz CT molecular complexity index is 1270. The lowest BCUT2D eigenvalue weighted by molar-refractivity contribution is 0.0742. The summed E-state index contributed by atoms with van der Waals surface area (Å²) in [6.45, 7) is 2.08. The number of hydrogen-bond acceptors (Lipinski definition) is 4. The number of hydrogen-bond donors (Lipinski definition) is 0. The van der Waals surface area contributed by atoms with Gasteiger partial charge in [0.25, 0.3) is 5.91 Å². The minimum absolute atomic E-state index is 0.0675. The fraction of sp³-hybridized carbons (Fsp3) is 0.160. The van der Waals surface area contributed by atoms with Crippen LogP contribution in [0, 0.1) is 5.82 Å². The summed E-state index contributed by atoms with van der Waals surface area (Å²) in [5.41, 5.74) is 1.75. The van der Waals surface area contributed by atoms with Crippen LogP contribution in [0.5, 0.6) is 0 Å². The molecule has 1 aromatic heterocycles. The molecule has 32 heavy (non-hydrogen) atoms. The summed E-state index contributed by atoms with van der Waals surface area (Å²) in [5, 5.41) is 11.3. The molecule has 0 aliphatic carbocycles. The Balaban J connectivity index is 1.27. The van der Waals surface area contributed by atoms with E-state index in [1.807, 2.05) is 30.3 Å². The first-order valence-corrected chi connectivity index (χ1v) is 10.8. The first kappa shape index (κ1) is 20.4. The molecule has 0 radical (unpaired) electrons. The zero-order chi connectivity index (χ0) is 22.1. The van der Waals surface area contributed by atoms with Gasteiger partial charge in [-0.1, -0.05) is 54.1 Å². The van der Waals surface area contributed by atoms with Crippen LogP contribution in [0.2, 0.25) is 5.02 Å². The molecule has 1 fully saturated rings. The Hall–Kier alpha value is -3.51. The molecule has 1 amide bonds. The molecule has 0 saturated carbocycles. The molecule has 5 rings (SSSR count). The van der Waals surface area contributed by atoms with E-state index in [0.717, 1.165) is 22.5 Å². The molecule has 160 valence electrons. The van der Waals surface area contributed by atoms with Gasteiger partial charge in [0.05, 0.1) is 16.3 Å². The van der Waals surface area contributed by atoms with Crippen molar-refractivity contribution in [2.75, 3.05) is 31.1 Å². The molecule has 5 nitrogen and oxygen atoms in total. The summed E-state index contributed by atoms with van der Waals surface area (Å²) < 4.78 is 14.1. The van der Waals surface area contributed by atoms with Crippen LogP contribution in [0.25, 0.3) is 22.0 Å². The van der Waals surface area contributed by atoms with Crippen molar-refractivity contribution in [3.8, 4) is 11.3 Å². The first-order valence-electron chi connectivity index (χ1n) is 10.4. The van der Waals surface area contributed by atoms with Crippen molar-refractivity contribution in [2.24, 2.45) is 0 Å². The van der Waals surface area contributed by atoms with Gasteiger partial charge in [-0.05, 0) is 41.1 Å². The van der Waals surface area contributed by atoms with Crippen LogP contribution in [0.15, 0.2) is 72.8 Å². The molecule has 0 atom stereocenters. The van der Waals surface area contributed by atoms with Crippen molar-refractivity contribution in [1.29, 1.82) is 0 Å². The highest BCUT2D eigenvalue weighted by Crippen LogP contribution is 2.25. The molecule has 1 saturated heterocycles. The number of carbonyl (C=O) groups is 1. The molecule has 1 aliphatic rings. The Morgan fingerprint density at radius 2 is 1.62 bits per heavy atom. The smallest absolute Gasteiger partial charge is 0.258 e. The molecule has 3 aromatic carbocycles. The summed E-state index contributed by atoms with van der Waals surface area (Å²) >= 11 is 6.05. The summed E-state index contributed by atoms with van der Waals surface area (Å²) in [7, 11) is 0. The lowest BCUT2D eigenvalue weighted by Gasteiger charge is -2.35. The van der Waals surface area contributed by atoms with Gasteiger partial charge in [0.1, 0.15) is 5.82 Å². The molecule has 0 N–H and O–H groups in total. The SMILES string of the molecule is O=C(c1c(F)cccc1Cl)N1CCN(c2ccc(-c3ccc4ccccc4c3)nn2)CC1. The quantitative estimate of drug-likeness (QED) is 0.442. The second kappa shape index (κ2) is 8.55. The monoisotopic (exact) mass is 446 g/mol. The predicted molar refractivity (Wildman–Crippen MR) is 125 cm³/mol. The zero-order valence-corrected chi connectivity index (χ0v) is 18.0. The molecule has 0 spiro atoms. The Morgan fingerprint density at radius 1 is 0.844 bits per heavy atom. The number of aromatic nitrogens is 2. The molecule has 0 unspecified atom stereocenters. The van der Waals surface area contributed by atoms with Crippen molar-refractivity contribution < 1.29 is 9.18 Å². The maximum Gasteiger partial charge on any atom is 0.258 e. The molecule has 7 heteroatoms. The third kappa shape index (κ3) is 3.89. The van der Waals surface area contributed by atoms with E-state index in [-0.39, 0.29) is 16.5 Å². The minimum atomic E-state index is -0.597. The normalized spacial score (nSPS) is 14.1. The van der Waals surface area contributed by atoms with Gasteiger partial charge >= 0.3 is 0 Å². The molecule has 1 aliphatic heterocycles. The van der Waals surface area contributed by atoms with Gasteiger partial charge < -0.3 is 9.80 Å². The van der Waals surface area contributed by atoms with Crippen molar-refractivity contribution in [3.63, 3.8) is 0 Å². The number of fused-ring (bicyclic) bond motifs is 1. The maximum absolute atomic E-state index is 14.1. The van der Waals surface area contributed by atoms with Crippen LogP contribution in [-0.2, 0) is 0 Å². The predicted octanol–water partition coefficient (Wildman–Crippen LogP) is 5.05. The third-order valence-corrected chi connectivity index (χ3v) is 6.08. The number of halogens is 2. The number of carbonyl (C=O) groups excluding carboxylic acids is 1. The van der Waals surface area contributed by atoms with E-state index in [2.05, 4.69) is 39.4 Å². The molecule has 4 aromatic rings.